The van der Waals surface area contributed by atoms with Crippen LogP contribution in [0.4, 0.5) is 0 Å². The van der Waals surface area contributed by atoms with Gasteiger partial charge in [0.25, 0.3) is 0 Å². The molecule has 0 aromatic heterocycles. The van der Waals surface area contributed by atoms with Crippen molar-refractivity contribution in [1.29, 1.82) is 5.26 Å². The Morgan fingerprint density at radius 3 is 2.56 bits per heavy atom. The lowest BCUT2D eigenvalue weighted by Gasteiger charge is -2.05. The van der Waals surface area contributed by atoms with E-state index >= 15 is 0 Å². The summed E-state index contributed by atoms with van der Waals surface area (Å²) in [7, 11) is 0. The molecule has 0 aliphatic rings. The van der Waals surface area contributed by atoms with E-state index in [0.29, 0.717) is 0 Å². The quantitative estimate of drug-likeness (QED) is 0.352. The van der Waals surface area contributed by atoms with Crippen LogP contribution in [0.2, 0.25) is 0 Å². The molecule has 0 saturated carbocycles. The first-order valence-electron chi connectivity index (χ1n) is 5.68. The van der Waals surface area contributed by atoms with Crippen LogP contribution in [0.5, 0.6) is 0 Å². The number of carbonyl (C=O) groups excluding carboxylic acids is 1. The van der Waals surface area contributed by atoms with Gasteiger partial charge in [-0.25, -0.2) is 4.79 Å². The molecule has 0 saturated heterocycles. The van der Waals surface area contributed by atoms with Crippen molar-refractivity contribution in [1.82, 2.24) is 0 Å². The second-order valence-corrected chi connectivity index (χ2v) is 3.92. The molecule has 0 atom stereocenters. The van der Waals surface area contributed by atoms with Crippen LogP contribution in [-0.2, 0) is 9.53 Å². The Morgan fingerprint density at radius 2 is 2.00 bits per heavy atom. The first-order valence-corrected chi connectivity index (χ1v) is 5.68. The molecule has 0 aliphatic heterocycles. The molecule has 0 unspecified atom stereocenters. The molecule has 1 aromatic carbocycles. The summed E-state index contributed by atoms with van der Waals surface area (Å²) in [6.45, 7) is 3.49. The maximum atomic E-state index is 11.5. The molecule has 92 valence electrons. The Hall–Kier alpha value is -2.34. The molecule has 1 rings (SSSR count). The molecule has 0 bridgehead atoms. The highest BCUT2D eigenvalue weighted by molar-refractivity contribution is 5.93. The number of nitriles is 1. The fourth-order valence-electron chi connectivity index (χ4n) is 1.25. The maximum Gasteiger partial charge on any atom is 0.349 e. The van der Waals surface area contributed by atoms with E-state index in [0.717, 1.165) is 5.56 Å². The van der Waals surface area contributed by atoms with Crippen LogP contribution >= 0.6 is 0 Å². The number of nitrogens with zero attached hydrogens (tertiary/aromatic N) is 1. The van der Waals surface area contributed by atoms with Gasteiger partial charge in [-0.15, -0.1) is 0 Å². The summed E-state index contributed by atoms with van der Waals surface area (Å²) in [5.41, 5.74) is 0.999. The van der Waals surface area contributed by atoms with E-state index in [4.69, 9.17) is 10.00 Å². The van der Waals surface area contributed by atoms with Gasteiger partial charge in [-0.05, 0) is 25.5 Å². The summed E-state index contributed by atoms with van der Waals surface area (Å²) in [4.78, 5) is 11.5. The van der Waals surface area contributed by atoms with Gasteiger partial charge in [0.2, 0.25) is 0 Å². The fourth-order valence-corrected chi connectivity index (χ4v) is 1.25. The number of rotatable bonds is 4. The van der Waals surface area contributed by atoms with Crippen molar-refractivity contribution in [2.45, 2.75) is 20.0 Å². The Labute approximate surface area is 107 Å². The normalized spacial score (nSPS) is 11.6. The van der Waals surface area contributed by atoms with Crippen molar-refractivity contribution in [3.05, 3.63) is 53.6 Å². The molecular weight excluding hydrogens is 226 g/mol. The van der Waals surface area contributed by atoms with Crippen LogP contribution in [0.25, 0.3) is 6.08 Å². The van der Waals surface area contributed by atoms with E-state index in [1.165, 1.54) is 6.08 Å². The number of allylic oxidation sites excluding steroid dienone is 2. The zero-order chi connectivity index (χ0) is 13.4. The molecule has 0 aliphatic carbocycles. The lowest BCUT2D eigenvalue weighted by molar-refractivity contribution is -0.142. The summed E-state index contributed by atoms with van der Waals surface area (Å²) in [6, 6.07) is 11.5. The molecule has 0 spiro atoms. The van der Waals surface area contributed by atoms with Gasteiger partial charge in [0.15, 0.2) is 0 Å². The topological polar surface area (TPSA) is 50.1 Å². The van der Waals surface area contributed by atoms with Gasteiger partial charge >= 0.3 is 5.97 Å². The molecule has 0 fully saturated rings. The molecule has 0 radical (unpaired) electrons. The molecule has 0 heterocycles. The molecular formula is C15H15NO2. The average molecular weight is 241 g/mol. The first kappa shape index (κ1) is 13.7. The number of esters is 1. The molecule has 3 nitrogen and oxygen atoms in total. The van der Waals surface area contributed by atoms with Gasteiger partial charge in [-0.1, -0.05) is 42.5 Å². The molecule has 0 N–H and O–H groups in total. The van der Waals surface area contributed by atoms with Gasteiger partial charge in [-0.2, -0.15) is 5.26 Å². The van der Waals surface area contributed by atoms with Gasteiger partial charge in [-0.3, -0.25) is 0 Å². The highest BCUT2D eigenvalue weighted by atomic mass is 16.5. The molecule has 0 amide bonds. The van der Waals surface area contributed by atoms with E-state index in [9.17, 15) is 4.79 Å². The van der Waals surface area contributed by atoms with Crippen LogP contribution in [0.15, 0.2) is 48.1 Å². The van der Waals surface area contributed by atoms with Crippen molar-refractivity contribution in [3.63, 3.8) is 0 Å². The smallest absolute Gasteiger partial charge is 0.349 e. The summed E-state index contributed by atoms with van der Waals surface area (Å²) in [6.07, 6.45) is 4.71. The highest BCUT2D eigenvalue weighted by Crippen LogP contribution is 2.04. The Balaban J connectivity index is 2.72. The molecule has 18 heavy (non-hydrogen) atoms. The van der Waals surface area contributed by atoms with Crippen molar-refractivity contribution in [2.24, 2.45) is 0 Å². The van der Waals surface area contributed by atoms with Crippen LogP contribution in [0.3, 0.4) is 0 Å². The number of ether oxygens (including phenoxy) is 1. The molecule has 3 heteroatoms. The number of carbonyl (C=O) groups is 1. The van der Waals surface area contributed by atoms with Crippen molar-refractivity contribution in [2.75, 3.05) is 0 Å². The summed E-state index contributed by atoms with van der Waals surface area (Å²) in [5, 5.41) is 8.85. The largest absolute Gasteiger partial charge is 0.459 e. The lowest BCUT2D eigenvalue weighted by atomic mass is 10.2. The second-order valence-electron chi connectivity index (χ2n) is 3.92. The highest BCUT2D eigenvalue weighted by Gasteiger charge is 2.10. The van der Waals surface area contributed by atoms with Crippen molar-refractivity contribution in [3.8, 4) is 6.07 Å². The Kier molecular flexibility index (Phi) is 5.40. The van der Waals surface area contributed by atoms with Crippen LogP contribution < -0.4 is 0 Å². The SMILES string of the molecule is CC(C)OC(=O)/C(C#N)=C/C=C/c1ccccc1. The summed E-state index contributed by atoms with van der Waals surface area (Å²) >= 11 is 0. The number of hydrogen-bond acceptors (Lipinski definition) is 3. The van der Waals surface area contributed by atoms with Gasteiger partial charge in [0, 0.05) is 0 Å². The molecule has 1 aromatic rings. The standard InChI is InChI=1S/C15H15NO2/c1-12(2)18-15(17)14(11-16)10-6-9-13-7-4-3-5-8-13/h3-10,12H,1-2H3/b9-6+,14-10+. The first-order chi connectivity index (χ1) is 8.63. The third-order valence-corrected chi connectivity index (χ3v) is 2.03. The zero-order valence-electron chi connectivity index (χ0n) is 10.5. The van der Waals surface area contributed by atoms with Crippen molar-refractivity contribution >= 4 is 12.0 Å². The minimum Gasteiger partial charge on any atom is -0.459 e. The lowest BCUT2D eigenvalue weighted by Crippen LogP contribution is -2.12. The minimum absolute atomic E-state index is 0.00381. The van der Waals surface area contributed by atoms with E-state index < -0.39 is 5.97 Å². The number of hydrogen-bond donors (Lipinski definition) is 0. The summed E-state index contributed by atoms with van der Waals surface area (Å²) in [5.74, 6) is -0.592. The van der Waals surface area contributed by atoms with E-state index in [2.05, 4.69) is 0 Å². The monoisotopic (exact) mass is 241 g/mol. The zero-order valence-corrected chi connectivity index (χ0v) is 10.5. The van der Waals surface area contributed by atoms with Crippen LogP contribution in [-0.4, -0.2) is 12.1 Å². The van der Waals surface area contributed by atoms with E-state index in [1.807, 2.05) is 42.5 Å². The second kappa shape index (κ2) is 7.08. The summed E-state index contributed by atoms with van der Waals surface area (Å²) < 4.78 is 4.94. The predicted octanol–water partition coefficient (Wildman–Crippen LogP) is 3.10. The predicted molar refractivity (Wildman–Crippen MR) is 70.4 cm³/mol. The third-order valence-electron chi connectivity index (χ3n) is 2.03. The van der Waals surface area contributed by atoms with Crippen LogP contribution in [0.1, 0.15) is 19.4 Å². The van der Waals surface area contributed by atoms with E-state index in [-0.39, 0.29) is 11.7 Å². The average Bonchev–Trinajstić information content (AvgIpc) is 2.35. The van der Waals surface area contributed by atoms with Crippen molar-refractivity contribution < 1.29 is 9.53 Å². The van der Waals surface area contributed by atoms with Gasteiger partial charge in [0.05, 0.1) is 6.10 Å². The van der Waals surface area contributed by atoms with Gasteiger partial charge in [0.1, 0.15) is 11.6 Å². The number of benzene rings is 1. The van der Waals surface area contributed by atoms with Gasteiger partial charge < -0.3 is 4.74 Å². The fraction of sp³-hybridized carbons (Fsp3) is 0.200. The third kappa shape index (κ3) is 4.67. The van der Waals surface area contributed by atoms with E-state index in [1.54, 1.807) is 19.9 Å². The maximum absolute atomic E-state index is 11.5. The minimum atomic E-state index is -0.592. The Bertz CT molecular complexity index is 493. The Morgan fingerprint density at radius 1 is 1.33 bits per heavy atom. The van der Waals surface area contributed by atoms with Crippen LogP contribution in [0, 0.1) is 11.3 Å².